The lowest BCUT2D eigenvalue weighted by molar-refractivity contribution is -0.383. The second kappa shape index (κ2) is 9.81. The highest BCUT2D eigenvalue weighted by atomic mass is 35.5. The summed E-state index contributed by atoms with van der Waals surface area (Å²) in [6, 6.07) is 10.2. The third kappa shape index (κ3) is 4.86. The number of methoxy groups -OCH3 is 2. The van der Waals surface area contributed by atoms with Crippen LogP contribution in [0.15, 0.2) is 42.7 Å². The number of rotatable bonds is 9. The largest absolute Gasteiger partial charge is 0.495 e. The van der Waals surface area contributed by atoms with E-state index in [1.54, 1.807) is 30.3 Å². The summed E-state index contributed by atoms with van der Waals surface area (Å²) < 4.78 is 16.1. The van der Waals surface area contributed by atoms with Crippen molar-refractivity contribution in [3.63, 3.8) is 0 Å². The predicted molar refractivity (Wildman–Crippen MR) is 117 cm³/mol. The Hall–Kier alpha value is -3.79. The van der Waals surface area contributed by atoms with Gasteiger partial charge in [-0.3, -0.25) is 10.1 Å². The monoisotopic (exact) mass is 445 g/mol. The fourth-order valence-corrected chi connectivity index (χ4v) is 3.04. The van der Waals surface area contributed by atoms with Gasteiger partial charge in [0.2, 0.25) is 11.6 Å². The van der Waals surface area contributed by atoms with Gasteiger partial charge >= 0.3 is 5.69 Å². The number of halogens is 1. The minimum Gasteiger partial charge on any atom is -0.495 e. The van der Waals surface area contributed by atoms with Gasteiger partial charge in [-0.1, -0.05) is 23.7 Å². The maximum Gasteiger partial charge on any atom is 0.353 e. The van der Waals surface area contributed by atoms with Crippen molar-refractivity contribution < 1.29 is 19.1 Å². The molecular formula is C20H20ClN5O5. The first-order valence-electron chi connectivity index (χ1n) is 9.15. The summed E-state index contributed by atoms with van der Waals surface area (Å²) in [6.45, 7) is 2.29. The molecule has 2 aromatic carbocycles. The van der Waals surface area contributed by atoms with Crippen LogP contribution in [-0.2, 0) is 0 Å². The molecule has 0 radical (unpaired) electrons. The number of para-hydroxylation sites is 2. The van der Waals surface area contributed by atoms with Crippen molar-refractivity contribution in [3.05, 3.63) is 57.9 Å². The number of nitro groups is 1. The van der Waals surface area contributed by atoms with Crippen molar-refractivity contribution in [1.29, 1.82) is 0 Å². The Morgan fingerprint density at radius 2 is 1.65 bits per heavy atom. The van der Waals surface area contributed by atoms with Crippen LogP contribution in [0.3, 0.4) is 0 Å². The molecule has 2 N–H and O–H groups in total. The Morgan fingerprint density at radius 1 is 1.00 bits per heavy atom. The van der Waals surface area contributed by atoms with Crippen LogP contribution in [0.1, 0.15) is 6.92 Å². The molecule has 1 heterocycles. The molecule has 0 saturated heterocycles. The van der Waals surface area contributed by atoms with Crippen LogP contribution >= 0.6 is 11.6 Å². The SMILES string of the molecule is CCOc1ccccc1Nc1ncnc(Nc2cc(Cl)c(OC)cc2OC)c1[N+](=O)[O-]. The summed E-state index contributed by atoms with van der Waals surface area (Å²) in [7, 11) is 2.93. The lowest BCUT2D eigenvalue weighted by Gasteiger charge is -2.15. The van der Waals surface area contributed by atoms with Gasteiger partial charge in [0.05, 0.1) is 42.1 Å². The topological polar surface area (TPSA) is 121 Å². The molecule has 3 aromatic rings. The van der Waals surface area contributed by atoms with E-state index < -0.39 is 4.92 Å². The van der Waals surface area contributed by atoms with Crippen molar-refractivity contribution in [1.82, 2.24) is 9.97 Å². The van der Waals surface area contributed by atoms with E-state index in [1.165, 1.54) is 26.6 Å². The fourth-order valence-electron chi connectivity index (χ4n) is 2.80. The first kappa shape index (κ1) is 21.9. The Bertz CT molecular complexity index is 1100. The van der Waals surface area contributed by atoms with Gasteiger partial charge in [-0.15, -0.1) is 0 Å². The van der Waals surface area contributed by atoms with Crippen molar-refractivity contribution in [2.75, 3.05) is 31.5 Å². The standard InChI is InChI=1S/C20H20ClN5O5/c1-4-31-15-8-6-5-7-13(15)24-19-18(26(27)28)20(23-11-22-19)25-14-9-12(21)16(29-2)10-17(14)30-3/h5-11H,4H2,1-3H3,(H2,22,23,24,25). The van der Waals surface area contributed by atoms with E-state index in [4.69, 9.17) is 25.8 Å². The molecule has 162 valence electrons. The molecule has 0 spiro atoms. The second-order valence-corrected chi connectivity index (χ2v) is 6.45. The van der Waals surface area contributed by atoms with E-state index in [0.29, 0.717) is 40.3 Å². The van der Waals surface area contributed by atoms with Crippen LogP contribution in [-0.4, -0.2) is 35.7 Å². The Morgan fingerprint density at radius 3 is 2.26 bits per heavy atom. The number of aromatic nitrogens is 2. The number of anilines is 4. The molecule has 0 unspecified atom stereocenters. The number of ether oxygens (including phenoxy) is 3. The maximum atomic E-state index is 11.9. The van der Waals surface area contributed by atoms with E-state index in [2.05, 4.69) is 20.6 Å². The normalized spacial score (nSPS) is 10.3. The molecule has 0 aliphatic rings. The zero-order chi connectivity index (χ0) is 22.4. The maximum absolute atomic E-state index is 11.9. The molecular weight excluding hydrogens is 426 g/mol. The molecule has 1 aromatic heterocycles. The van der Waals surface area contributed by atoms with Crippen LogP contribution in [0.25, 0.3) is 0 Å². The molecule has 3 rings (SSSR count). The molecule has 11 heteroatoms. The van der Waals surface area contributed by atoms with Gasteiger partial charge in [0.1, 0.15) is 23.6 Å². The van der Waals surface area contributed by atoms with E-state index >= 15 is 0 Å². The number of hydrogen-bond acceptors (Lipinski definition) is 9. The molecule has 10 nitrogen and oxygen atoms in total. The van der Waals surface area contributed by atoms with Gasteiger partial charge in [0, 0.05) is 6.07 Å². The second-order valence-electron chi connectivity index (χ2n) is 6.04. The number of hydrogen-bond donors (Lipinski definition) is 2. The van der Waals surface area contributed by atoms with E-state index in [-0.39, 0.29) is 17.3 Å². The molecule has 0 aliphatic carbocycles. The molecule has 0 bridgehead atoms. The van der Waals surface area contributed by atoms with Gasteiger partial charge in [-0.2, -0.15) is 0 Å². The minimum absolute atomic E-state index is 0.00627. The summed E-state index contributed by atoms with van der Waals surface area (Å²) >= 11 is 6.20. The minimum atomic E-state index is -0.578. The quantitative estimate of drug-likeness (QED) is 0.348. The summed E-state index contributed by atoms with van der Waals surface area (Å²) in [5.74, 6) is 1.25. The zero-order valence-corrected chi connectivity index (χ0v) is 17.8. The number of benzene rings is 2. The molecule has 0 amide bonds. The summed E-state index contributed by atoms with van der Waals surface area (Å²) in [4.78, 5) is 19.4. The molecule has 0 atom stereocenters. The summed E-state index contributed by atoms with van der Waals surface area (Å²) in [5.41, 5.74) is 0.542. The predicted octanol–water partition coefficient (Wildman–Crippen LogP) is 4.94. The number of nitrogens with one attached hydrogen (secondary N) is 2. The van der Waals surface area contributed by atoms with Gasteiger partial charge in [0.25, 0.3) is 0 Å². The van der Waals surface area contributed by atoms with Crippen molar-refractivity contribution in [3.8, 4) is 17.2 Å². The third-order valence-corrected chi connectivity index (χ3v) is 4.47. The van der Waals surface area contributed by atoms with Crippen LogP contribution < -0.4 is 24.8 Å². The van der Waals surface area contributed by atoms with Gasteiger partial charge in [0.15, 0.2) is 0 Å². The Kier molecular flexibility index (Phi) is 6.93. The van der Waals surface area contributed by atoms with Crippen molar-refractivity contribution in [2.24, 2.45) is 0 Å². The van der Waals surface area contributed by atoms with Crippen LogP contribution in [0, 0.1) is 10.1 Å². The third-order valence-electron chi connectivity index (χ3n) is 4.17. The van der Waals surface area contributed by atoms with Gasteiger partial charge < -0.3 is 24.8 Å². The van der Waals surface area contributed by atoms with Crippen LogP contribution in [0.4, 0.5) is 28.7 Å². The highest BCUT2D eigenvalue weighted by molar-refractivity contribution is 6.32. The average molecular weight is 446 g/mol. The number of nitrogens with zero attached hydrogens (tertiary/aromatic N) is 3. The van der Waals surface area contributed by atoms with Crippen LogP contribution in [0.2, 0.25) is 5.02 Å². The summed E-state index contributed by atoms with van der Waals surface area (Å²) in [6.07, 6.45) is 1.21. The van der Waals surface area contributed by atoms with Crippen LogP contribution in [0.5, 0.6) is 17.2 Å². The summed E-state index contributed by atoms with van der Waals surface area (Å²) in [5, 5.41) is 18.0. The van der Waals surface area contributed by atoms with Crippen molar-refractivity contribution in [2.45, 2.75) is 6.92 Å². The first-order valence-corrected chi connectivity index (χ1v) is 9.53. The zero-order valence-electron chi connectivity index (χ0n) is 17.0. The fraction of sp³-hybridized carbons (Fsp3) is 0.200. The van der Waals surface area contributed by atoms with Crippen molar-refractivity contribution >= 4 is 40.3 Å². The van der Waals surface area contributed by atoms with E-state index in [0.717, 1.165) is 0 Å². The van der Waals surface area contributed by atoms with E-state index in [9.17, 15) is 10.1 Å². The Labute approximate surface area is 183 Å². The smallest absolute Gasteiger partial charge is 0.353 e. The molecule has 0 fully saturated rings. The molecule has 0 saturated carbocycles. The lowest BCUT2D eigenvalue weighted by atomic mass is 10.2. The van der Waals surface area contributed by atoms with Gasteiger partial charge in [-0.05, 0) is 25.1 Å². The highest BCUT2D eigenvalue weighted by Gasteiger charge is 2.25. The lowest BCUT2D eigenvalue weighted by Crippen LogP contribution is -2.07. The average Bonchev–Trinajstić information content (AvgIpc) is 2.75. The molecule has 31 heavy (non-hydrogen) atoms. The molecule has 0 aliphatic heterocycles. The first-order chi connectivity index (χ1) is 15.0. The Balaban J connectivity index is 2.03. The van der Waals surface area contributed by atoms with E-state index in [1.807, 2.05) is 6.92 Å². The highest BCUT2D eigenvalue weighted by Crippen LogP contribution is 2.40. The van der Waals surface area contributed by atoms with Gasteiger partial charge in [-0.25, -0.2) is 9.97 Å².